The molecule has 4 heteroatoms. The summed E-state index contributed by atoms with van der Waals surface area (Å²) in [6.07, 6.45) is 1.98. The first-order valence-corrected chi connectivity index (χ1v) is 6.81. The molecule has 0 radical (unpaired) electrons. The minimum atomic E-state index is -1.40. The summed E-state index contributed by atoms with van der Waals surface area (Å²) in [5.41, 5.74) is -1.40. The summed E-state index contributed by atoms with van der Waals surface area (Å²) in [6.45, 7) is 1.97. The van der Waals surface area contributed by atoms with Crippen LogP contribution in [0.2, 0.25) is 0 Å². The van der Waals surface area contributed by atoms with E-state index in [-0.39, 0.29) is 0 Å². The second-order valence-corrected chi connectivity index (χ2v) is 9.38. The van der Waals surface area contributed by atoms with Crippen LogP contribution >= 0.6 is 16.8 Å². The van der Waals surface area contributed by atoms with Crippen LogP contribution in [0.4, 0.5) is 0 Å². The summed E-state index contributed by atoms with van der Waals surface area (Å²) in [4.78, 5) is 0. The summed E-state index contributed by atoms with van der Waals surface area (Å²) >= 11 is 6.63. The molecule has 0 aliphatic rings. The third-order valence-corrected chi connectivity index (χ3v) is 6.22. The predicted molar refractivity (Wildman–Crippen MR) is 40.7 cm³/mol. The molecular formula is C3H9OPS2. The smallest absolute Gasteiger partial charge is 0.116 e. The fourth-order valence-electron chi connectivity index (χ4n) is 0.0745. The second-order valence-electron chi connectivity index (χ2n) is 1.14. The Labute approximate surface area is 53.7 Å². The van der Waals surface area contributed by atoms with Crippen molar-refractivity contribution in [3.8, 4) is 0 Å². The maximum Gasteiger partial charge on any atom is 0.116 e. The second kappa shape index (κ2) is 3.08. The van der Waals surface area contributed by atoms with Crippen molar-refractivity contribution < 1.29 is 4.52 Å². The highest BCUT2D eigenvalue weighted by molar-refractivity contribution is 8.69. The first kappa shape index (κ1) is 7.96. The molecule has 0 saturated carbocycles. The van der Waals surface area contributed by atoms with Gasteiger partial charge in [-0.25, -0.2) is 0 Å². The van der Waals surface area contributed by atoms with E-state index in [4.69, 9.17) is 16.3 Å². The van der Waals surface area contributed by atoms with E-state index in [0.717, 1.165) is 0 Å². The van der Waals surface area contributed by atoms with Gasteiger partial charge in [-0.05, 0) is 12.9 Å². The molecular weight excluding hydrogens is 147 g/mol. The minimum absolute atomic E-state index is 1.40. The molecule has 0 rings (SSSR count). The molecule has 0 bridgehead atoms. The van der Waals surface area contributed by atoms with Gasteiger partial charge in [-0.3, -0.25) is 0 Å². The molecule has 1 nitrogen and oxygen atoms in total. The van der Waals surface area contributed by atoms with Crippen LogP contribution < -0.4 is 0 Å². The zero-order valence-electron chi connectivity index (χ0n) is 4.67. The highest BCUT2D eigenvalue weighted by atomic mass is 32.9. The summed E-state index contributed by atoms with van der Waals surface area (Å²) < 4.78 is 4.98. The van der Waals surface area contributed by atoms with E-state index < -0.39 is 5.47 Å². The SMILES string of the molecule is COP(C)(=S)SC. The Balaban J connectivity index is 3.61. The largest absolute Gasteiger partial charge is 0.345 e. The van der Waals surface area contributed by atoms with Gasteiger partial charge in [0.15, 0.2) is 0 Å². The third kappa shape index (κ3) is 3.53. The van der Waals surface area contributed by atoms with Gasteiger partial charge in [-0.2, -0.15) is 0 Å². The monoisotopic (exact) mass is 156 g/mol. The van der Waals surface area contributed by atoms with Gasteiger partial charge in [-0.1, -0.05) is 11.8 Å². The van der Waals surface area contributed by atoms with Crippen LogP contribution in [0.5, 0.6) is 0 Å². The highest BCUT2D eigenvalue weighted by Gasteiger charge is 2.01. The van der Waals surface area contributed by atoms with Crippen LogP contribution in [-0.2, 0) is 16.3 Å². The maximum absolute atomic E-state index is 5.00. The van der Waals surface area contributed by atoms with Crippen LogP contribution in [0, 0.1) is 0 Å². The molecule has 0 fully saturated rings. The highest BCUT2D eigenvalue weighted by Crippen LogP contribution is 2.53. The van der Waals surface area contributed by atoms with Gasteiger partial charge in [0.1, 0.15) is 5.47 Å². The van der Waals surface area contributed by atoms with E-state index in [0.29, 0.717) is 0 Å². The molecule has 0 aromatic rings. The molecule has 0 aromatic heterocycles. The summed E-state index contributed by atoms with van der Waals surface area (Å²) in [5.74, 6) is 0. The van der Waals surface area contributed by atoms with Gasteiger partial charge in [0, 0.05) is 7.11 Å². The van der Waals surface area contributed by atoms with Crippen LogP contribution in [-0.4, -0.2) is 20.0 Å². The number of hydrogen-bond acceptors (Lipinski definition) is 3. The minimum Gasteiger partial charge on any atom is -0.345 e. The average Bonchev–Trinajstić information content (AvgIpc) is 1.68. The van der Waals surface area contributed by atoms with Gasteiger partial charge in [0.25, 0.3) is 0 Å². The molecule has 0 spiro atoms. The first-order chi connectivity index (χ1) is 3.12. The quantitative estimate of drug-likeness (QED) is 0.565. The van der Waals surface area contributed by atoms with Crippen LogP contribution in [0.1, 0.15) is 0 Å². The van der Waals surface area contributed by atoms with Crippen molar-refractivity contribution in [2.75, 3.05) is 20.0 Å². The first-order valence-electron chi connectivity index (χ1n) is 1.81. The lowest BCUT2D eigenvalue weighted by Gasteiger charge is -2.08. The van der Waals surface area contributed by atoms with Crippen LogP contribution in [0.15, 0.2) is 0 Å². The lowest BCUT2D eigenvalue weighted by atomic mass is 11.8. The molecule has 0 aromatic carbocycles. The average molecular weight is 156 g/mol. The fraction of sp³-hybridized carbons (Fsp3) is 1.00. The lowest BCUT2D eigenvalue weighted by molar-refractivity contribution is 0.474. The molecule has 0 aliphatic heterocycles. The topological polar surface area (TPSA) is 9.23 Å². The Morgan fingerprint density at radius 2 is 2.14 bits per heavy atom. The lowest BCUT2D eigenvalue weighted by Crippen LogP contribution is -1.71. The molecule has 0 N–H and O–H groups in total. The Morgan fingerprint density at radius 3 is 2.14 bits per heavy atom. The Kier molecular flexibility index (Phi) is 3.50. The van der Waals surface area contributed by atoms with Gasteiger partial charge in [-0.15, -0.1) is 11.4 Å². The summed E-state index contributed by atoms with van der Waals surface area (Å²) in [6, 6.07) is 0. The third-order valence-electron chi connectivity index (χ3n) is 0.663. The number of hydrogen-bond donors (Lipinski definition) is 0. The van der Waals surface area contributed by atoms with E-state index in [1.165, 1.54) is 0 Å². The van der Waals surface area contributed by atoms with Crippen molar-refractivity contribution in [2.45, 2.75) is 0 Å². The van der Waals surface area contributed by atoms with Crippen molar-refractivity contribution in [1.29, 1.82) is 0 Å². The number of rotatable bonds is 2. The molecule has 0 amide bonds. The molecule has 7 heavy (non-hydrogen) atoms. The Bertz CT molecular complexity index is 84.9. The van der Waals surface area contributed by atoms with E-state index >= 15 is 0 Å². The molecule has 0 heterocycles. The molecule has 0 saturated heterocycles. The normalized spacial score (nSPS) is 18.7. The van der Waals surface area contributed by atoms with Crippen molar-refractivity contribution in [3.63, 3.8) is 0 Å². The molecule has 1 atom stereocenters. The van der Waals surface area contributed by atoms with Crippen molar-refractivity contribution in [2.24, 2.45) is 0 Å². The fourth-order valence-corrected chi connectivity index (χ4v) is 0.671. The standard InChI is InChI=1S/C3H9OPS2/c1-4-5(2,6)7-3/h1-3H3. The summed E-state index contributed by atoms with van der Waals surface area (Å²) in [5, 5.41) is 0. The zero-order chi connectivity index (χ0) is 5.91. The molecule has 0 aliphatic carbocycles. The Morgan fingerprint density at radius 1 is 1.71 bits per heavy atom. The van der Waals surface area contributed by atoms with E-state index in [9.17, 15) is 0 Å². The van der Waals surface area contributed by atoms with E-state index in [1.807, 2.05) is 12.9 Å². The Hall–Kier alpha value is 0.960. The van der Waals surface area contributed by atoms with Gasteiger partial charge >= 0.3 is 0 Å². The predicted octanol–water partition coefficient (Wildman–Crippen LogP) is 1.94. The van der Waals surface area contributed by atoms with Crippen molar-refractivity contribution in [1.82, 2.24) is 0 Å². The molecule has 1 unspecified atom stereocenters. The summed E-state index contributed by atoms with van der Waals surface area (Å²) in [7, 11) is 1.66. The molecule has 44 valence electrons. The van der Waals surface area contributed by atoms with Gasteiger partial charge in [0.05, 0.1) is 0 Å². The van der Waals surface area contributed by atoms with Gasteiger partial charge in [0.2, 0.25) is 0 Å². The van der Waals surface area contributed by atoms with Gasteiger partial charge < -0.3 is 4.52 Å². The van der Waals surface area contributed by atoms with Crippen molar-refractivity contribution in [3.05, 3.63) is 0 Å². The zero-order valence-corrected chi connectivity index (χ0v) is 7.20. The van der Waals surface area contributed by atoms with E-state index in [1.54, 1.807) is 18.5 Å². The van der Waals surface area contributed by atoms with Crippen LogP contribution in [0.3, 0.4) is 0 Å². The van der Waals surface area contributed by atoms with E-state index in [2.05, 4.69) is 0 Å². The maximum atomic E-state index is 5.00. The van der Waals surface area contributed by atoms with Crippen LogP contribution in [0.25, 0.3) is 0 Å². The van der Waals surface area contributed by atoms with Crippen molar-refractivity contribution >= 4 is 28.7 Å².